The van der Waals surface area contributed by atoms with Crippen LogP contribution in [0.3, 0.4) is 0 Å². The highest BCUT2D eigenvalue weighted by atomic mass is 35.5. The Kier molecular flexibility index (Phi) is 5.54. The maximum atomic E-state index is 13.9. The molecule has 0 saturated heterocycles. The molecule has 0 bridgehead atoms. The molecule has 4 nitrogen and oxygen atoms in total. The second kappa shape index (κ2) is 7.85. The lowest BCUT2D eigenvalue weighted by Crippen LogP contribution is -2.12. The van der Waals surface area contributed by atoms with Crippen LogP contribution in [0.15, 0.2) is 42.5 Å². The summed E-state index contributed by atoms with van der Waals surface area (Å²) in [4.78, 5) is 17.2. The Morgan fingerprint density at radius 1 is 1.23 bits per heavy atom. The fourth-order valence-electron chi connectivity index (χ4n) is 2.30. The largest absolute Gasteiger partial charge is 0.486 e. The molecule has 0 aliphatic rings. The molecule has 0 saturated carbocycles. The van der Waals surface area contributed by atoms with E-state index < -0.39 is 5.82 Å². The smallest absolute Gasteiger partial charge is 0.267 e. The number of carbonyl (C=O) groups excluding carboxylic acids is 1. The van der Waals surface area contributed by atoms with Gasteiger partial charge in [0.25, 0.3) is 5.91 Å². The monoisotopic (exact) mass is 390 g/mol. The Balaban J connectivity index is 1.68. The number of benzene rings is 2. The number of nitrogens with one attached hydrogen (secondary N) is 1. The van der Waals surface area contributed by atoms with Crippen molar-refractivity contribution in [2.45, 2.75) is 20.5 Å². The van der Waals surface area contributed by atoms with Gasteiger partial charge in [-0.2, -0.15) is 0 Å². The van der Waals surface area contributed by atoms with Gasteiger partial charge in [0.05, 0.1) is 11.4 Å². The average Bonchev–Trinajstić information content (AvgIpc) is 2.98. The number of halogens is 2. The van der Waals surface area contributed by atoms with Crippen molar-refractivity contribution in [2.75, 3.05) is 5.32 Å². The molecular weight excluding hydrogens is 375 g/mol. The van der Waals surface area contributed by atoms with Gasteiger partial charge in [-0.3, -0.25) is 4.79 Å². The Labute approximate surface area is 159 Å². The molecule has 26 heavy (non-hydrogen) atoms. The molecule has 0 unspecified atom stereocenters. The summed E-state index contributed by atoms with van der Waals surface area (Å²) in [6, 6.07) is 11.7. The highest BCUT2D eigenvalue weighted by molar-refractivity contribution is 7.13. The van der Waals surface area contributed by atoms with Crippen molar-refractivity contribution in [1.29, 1.82) is 0 Å². The first-order valence-electron chi connectivity index (χ1n) is 7.84. The first kappa shape index (κ1) is 18.4. The number of carbonyl (C=O) groups is 1. The van der Waals surface area contributed by atoms with Crippen LogP contribution in [0.1, 0.15) is 25.9 Å². The van der Waals surface area contributed by atoms with E-state index in [0.29, 0.717) is 26.4 Å². The summed E-state index contributed by atoms with van der Waals surface area (Å²) in [7, 11) is 0. The Morgan fingerprint density at radius 3 is 2.65 bits per heavy atom. The predicted molar refractivity (Wildman–Crippen MR) is 102 cm³/mol. The third-order valence-corrected chi connectivity index (χ3v) is 4.98. The van der Waals surface area contributed by atoms with Crippen LogP contribution in [0.2, 0.25) is 5.02 Å². The molecule has 7 heteroatoms. The zero-order chi connectivity index (χ0) is 18.7. The average molecular weight is 391 g/mol. The molecular formula is C19H16ClFN2O2S. The minimum atomic E-state index is -0.466. The zero-order valence-electron chi connectivity index (χ0n) is 14.2. The van der Waals surface area contributed by atoms with Gasteiger partial charge in [-0.1, -0.05) is 17.7 Å². The Bertz CT molecular complexity index is 941. The SMILES string of the molecule is Cc1ccc(NC(=O)c2sc(COc3ccc(Cl)cc3)nc2C)c(F)c1. The third kappa shape index (κ3) is 4.39. The van der Waals surface area contributed by atoms with Gasteiger partial charge >= 0.3 is 0 Å². The van der Waals surface area contributed by atoms with Gasteiger partial charge in [-0.25, -0.2) is 9.37 Å². The molecule has 0 fully saturated rings. The number of amides is 1. The molecule has 0 spiro atoms. The molecule has 1 amide bonds. The maximum Gasteiger partial charge on any atom is 0.267 e. The topological polar surface area (TPSA) is 51.2 Å². The second-order valence-corrected chi connectivity index (χ2v) is 7.22. The van der Waals surface area contributed by atoms with E-state index in [4.69, 9.17) is 16.3 Å². The van der Waals surface area contributed by atoms with Crippen molar-refractivity contribution in [3.63, 3.8) is 0 Å². The molecule has 3 aromatic rings. The fraction of sp³-hybridized carbons (Fsp3) is 0.158. The lowest BCUT2D eigenvalue weighted by Gasteiger charge is -2.06. The molecule has 134 valence electrons. The van der Waals surface area contributed by atoms with Gasteiger partial charge in [0.2, 0.25) is 0 Å². The Morgan fingerprint density at radius 2 is 1.96 bits per heavy atom. The number of hydrogen-bond acceptors (Lipinski definition) is 4. The lowest BCUT2D eigenvalue weighted by atomic mass is 10.2. The van der Waals surface area contributed by atoms with Crippen LogP contribution in [0.4, 0.5) is 10.1 Å². The number of aromatic nitrogens is 1. The molecule has 0 radical (unpaired) electrons. The van der Waals surface area contributed by atoms with Gasteiger partial charge in [-0.15, -0.1) is 11.3 Å². The van der Waals surface area contributed by atoms with E-state index in [1.165, 1.54) is 17.4 Å². The summed E-state index contributed by atoms with van der Waals surface area (Å²) in [5.41, 5.74) is 1.51. The van der Waals surface area contributed by atoms with E-state index in [9.17, 15) is 9.18 Å². The molecule has 1 N–H and O–H groups in total. The van der Waals surface area contributed by atoms with E-state index in [1.807, 2.05) is 0 Å². The van der Waals surface area contributed by atoms with Crippen molar-refractivity contribution in [2.24, 2.45) is 0 Å². The summed E-state index contributed by atoms with van der Waals surface area (Å²) in [5, 5.41) is 3.88. The summed E-state index contributed by atoms with van der Waals surface area (Å²) in [5.74, 6) is -0.192. The van der Waals surface area contributed by atoms with Crippen molar-refractivity contribution in [3.8, 4) is 5.75 Å². The van der Waals surface area contributed by atoms with Crippen LogP contribution < -0.4 is 10.1 Å². The second-order valence-electron chi connectivity index (χ2n) is 5.70. The number of thiazole rings is 1. The molecule has 1 heterocycles. The van der Waals surface area contributed by atoms with Crippen LogP contribution in [-0.4, -0.2) is 10.9 Å². The fourth-order valence-corrected chi connectivity index (χ4v) is 3.30. The molecule has 2 aromatic carbocycles. The molecule has 0 atom stereocenters. The van der Waals surface area contributed by atoms with Crippen LogP contribution >= 0.6 is 22.9 Å². The quantitative estimate of drug-likeness (QED) is 0.636. The van der Waals surface area contributed by atoms with E-state index in [0.717, 1.165) is 5.56 Å². The number of nitrogens with zero attached hydrogens (tertiary/aromatic N) is 1. The van der Waals surface area contributed by atoms with Crippen molar-refractivity contribution in [3.05, 3.63) is 74.4 Å². The van der Waals surface area contributed by atoms with E-state index in [2.05, 4.69) is 10.3 Å². The minimum absolute atomic E-state index is 0.146. The third-order valence-electron chi connectivity index (χ3n) is 3.60. The predicted octanol–water partition coefficient (Wildman–Crippen LogP) is 5.38. The Hall–Kier alpha value is -2.44. The standard InChI is InChI=1S/C19H16ClFN2O2S/c1-11-3-8-16(15(21)9-11)23-19(24)18-12(2)22-17(26-18)10-25-14-6-4-13(20)5-7-14/h3-9H,10H2,1-2H3,(H,23,24). The van der Waals surface area contributed by atoms with Crippen LogP contribution in [0, 0.1) is 19.7 Å². The van der Waals surface area contributed by atoms with Crippen molar-refractivity contribution >= 4 is 34.5 Å². The van der Waals surface area contributed by atoms with Gasteiger partial charge in [-0.05, 0) is 55.8 Å². The maximum absolute atomic E-state index is 13.9. The summed E-state index contributed by atoms with van der Waals surface area (Å²) in [6.07, 6.45) is 0. The highest BCUT2D eigenvalue weighted by Gasteiger charge is 2.17. The number of anilines is 1. The lowest BCUT2D eigenvalue weighted by molar-refractivity contribution is 0.102. The molecule has 0 aliphatic heterocycles. The molecule has 3 rings (SSSR count). The summed E-state index contributed by atoms with van der Waals surface area (Å²) >= 11 is 7.06. The number of hydrogen-bond donors (Lipinski definition) is 1. The summed E-state index contributed by atoms with van der Waals surface area (Å²) in [6.45, 7) is 3.76. The highest BCUT2D eigenvalue weighted by Crippen LogP contribution is 2.23. The minimum Gasteiger partial charge on any atom is -0.486 e. The summed E-state index contributed by atoms with van der Waals surface area (Å²) < 4.78 is 19.6. The molecule has 1 aromatic heterocycles. The van der Waals surface area contributed by atoms with Crippen LogP contribution in [0.5, 0.6) is 5.75 Å². The van der Waals surface area contributed by atoms with Crippen LogP contribution in [-0.2, 0) is 6.61 Å². The van der Waals surface area contributed by atoms with E-state index >= 15 is 0 Å². The molecule has 0 aliphatic carbocycles. The number of aryl methyl sites for hydroxylation is 2. The van der Waals surface area contributed by atoms with E-state index in [-0.39, 0.29) is 18.2 Å². The van der Waals surface area contributed by atoms with Gasteiger partial charge in [0.15, 0.2) is 0 Å². The van der Waals surface area contributed by atoms with Crippen LogP contribution in [0.25, 0.3) is 0 Å². The van der Waals surface area contributed by atoms with Crippen molar-refractivity contribution < 1.29 is 13.9 Å². The van der Waals surface area contributed by atoms with Gasteiger partial charge in [0.1, 0.15) is 28.1 Å². The zero-order valence-corrected chi connectivity index (χ0v) is 15.7. The first-order chi connectivity index (χ1) is 12.4. The van der Waals surface area contributed by atoms with E-state index in [1.54, 1.807) is 50.2 Å². The normalized spacial score (nSPS) is 10.6. The van der Waals surface area contributed by atoms with Gasteiger partial charge in [0, 0.05) is 5.02 Å². The number of ether oxygens (including phenoxy) is 1. The van der Waals surface area contributed by atoms with Crippen molar-refractivity contribution in [1.82, 2.24) is 4.98 Å². The first-order valence-corrected chi connectivity index (χ1v) is 9.04. The number of rotatable bonds is 5. The van der Waals surface area contributed by atoms with Gasteiger partial charge < -0.3 is 10.1 Å².